The summed E-state index contributed by atoms with van der Waals surface area (Å²) in [4.78, 5) is 14.2. The highest BCUT2D eigenvalue weighted by atomic mass is 127. The normalized spacial score (nSPS) is 24.3. The number of carbonyl (C=O) groups excluding carboxylic acids is 1. The fraction of sp³-hybridized carbons (Fsp3) is 0.667. The minimum Gasteiger partial charge on any atom is -1.00 e. The lowest BCUT2D eigenvalue weighted by Gasteiger charge is -2.34. The number of aryl methyl sites for hydroxylation is 1. The maximum absolute atomic E-state index is 12.2. The number of imidazole rings is 1. The standard InChI is InChI=1S/C12H20N3O.HI/c1-10-4-5-15(11(2)8-10)12(16)14-7-6-13(3)9-14;/h6-7,9-11H,4-5,8H2,1-3H3;1H/q+1;/p-1. The van der Waals surface area contributed by atoms with E-state index in [0.29, 0.717) is 6.04 Å². The minimum atomic E-state index is 0. The van der Waals surface area contributed by atoms with Crippen molar-refractivity contribution in [3.8, 4) is 0 Å². The third-order valence-electron chi connectivity index (χ3n) is 3.37. The predicted octanol–water partition coefficient (Wildman–Crippen LogP) is -1.59. The van der Waals surface area contributed by atoms with Gasteiger partial charge in [0.1, 0.15) is 12.4 Å². The summed E-state index contributed by atoms with van der Waals surface area (Å²) >= 11 is 0. The van der Waals surface area contributed by atoms with Crippen LogP contribution in [-0.2, 0) is 7.05 Å². The Morgan fingerprint density at radius 3 is 2.65 bits per heavy atom. The SMILES string of the molecule is CC1CCN(C(=O)n2cc[n+](C)c2)C(C)C1.[I-]. The van der Waals surface area contributed by atoms with Crippen LogP contribution in [0, 0.1) is 5.92 Å². The first-order valence-electron chi connectivity index (χ1n) is 5.92. The maximum Gasteiger partial charge on any atom is 0.416 e. The fourth-order valence-corrected chi connectivity index (χ4v) is 2.40. The predicted molar refractivity (Wildman–Crippen MR) is 61.0 cm³/mol. The van der Waals surface area contributed by atoms with E-state index in [1.165, 1.54) is 0 Å². The van der Waals surface area contributed by atoms with Crippen LogP contribution in [0.5, 0.6) is 0 Å². The first-order chi connectivity index (χ1) is 7.58. The Hall–Kier alpha value is -0.590. The lowest BCUT2D eigenvalue weighted by molar-refractivity contribution is -0.670. The van der Waals surface area contributed by atoms with E-state index in [1.54, 1.807) is 4.57 Å². The lowest BCUT2D eigenvalue weighted by atomic mass is 9.94. The van der Waals surface area contributed by atoms with E-state index in [0.717, 1.165) is 25.3 Å². The van der Waals surface area contributed by atoms with Crippen LogP contribution < -0.4 is 28.5 Å². The van der Waals surface area contributed by atoms with Crippen molar-refractivity contribution in [1.82, 2.24) is 9.47 Å². The molecule has 2 heterocycles. The first-order valence-corrected chi connectivity index (χ1v) is 5.92. The summed E-state index contributed by atoms with van der Waals surface area (Å²) in [7, 11) is 1.92. The van der Waals surface area contributed by atoms with E-state index in [4.69, 9.17) is 0 Å². The molecule has 1 saturated heterocycles. The molecule has 2 rings (SSSR count). The molecule has 0 bridgehead atoms. The molecule has 0 spiro atoms. The number of piperidine rings is 1. The average molecular weight is 349 g/mol. The Labute approximate surface area is 120 Å². The van der Waals surface area contributed by atoms with Gasteiger partial charge in [0.05, 0.1) is 7.05 Å². The van der Waals surface area contributed by atoms with Crippen LogP contribution in [0.1, 0.15) is 26.7 Å². The number of carbonyl (C=O) groups is 1. The van der Waals surface area contributed by atoms with Crippen LogP contribution in [0.3, 0.4) is 0 Å². The van der Waals surface area contributed by atoms with Crippen molar-refractivity contribution in [3.05, 3.63) is 18.7 Å². The molecular formula is C12H20IN3O. The van der Waals surface area contributed by atoms with E-state index in [9.17, 15) is 4.79 Å². The molecule has 4 nitrogen and oxygen atoms in total. The number of aromatic nitrogens is 2. The number of halogens is 1. The highest BCUT2D eigenvalue weighted by molar-refractivity contribution is 5.76. The van der Waals surface area contributed by atoms with Gasteiger partial charge in [-0.1, -0.05) is 6.92 Å². The fourth-order valence-electron chi connectivity index (χ4n) is 2.40. The molecule has 5 heteroatoms. The Bertz CT molecular complexity index is 391. The summed E-state index contributed by atoms with van der Waals surface area (Å²) in [6, 6.07) is 0.448. The molecule has 0 N–H and O–H groups in total. The quantitative estimate of drug-likeness (QED) is 0.410. The van der Waals surface area contributed by atoms with E-state index in [1.807, 2.05) is 35.2 Å². The Kier molecular flexibility index (Phi) is 4.97. The molecule has 1 amide bonds. The number of hydrogen-bond acceptors (Lipinski definition) is 1. The molecule has 0 radical (unpaired) electrons. The van der Waals surface area contributed by atoms with Gasteiger partial charge in [-0.15, -0.1) is 0 Å². The van der Waals surface area contributed by atoms with Gasteiger partial charge in [0, 0.05) is 12.6 Å². The molecule has 1 aliphatic heterocycles. The van der Waals surface area contributed by atoms with Crippen molar-refractivity contribution < 1.29 is 33.3 Å². The number of amides is 1. The van der Waals surface area contributed by atoms with Gasteiger partial charge in [-0.05, 0) is 25.7 Å². The van der Waals surface area contributed by atoms with E-state index < -0.39 is 0 Å². The zero-order valence-corrected chi connectivity index (χ0v) is 12.8. The maximum atomic E-state index is 12.2. The van der Waals surface area contributed by atoms with Crippen LogP contribution in [-0.4, -0.2) is 28.1 Å². The highest BCUT2D eigenvalue weighted by Crippen LogP contribution is 2.22. The smallest absolute Gasteiger partial charge is 0.416 e. The van der Waals surface area contributed by atoms with E-state index in [2.05, 4.69) is 13.8 Å². The van der Waals surface area contributed by atoms with E-state index >= 15 is 0 Å². The molecule has 0 aliphatic carbocycles. The summed E-state index contributed by atoms with van der Waals surface area (Å²) in [5.41, 5.74) is 0. The van der Waals surface area contributed by atoms with Gasteiger partial charge in [0.15, 0.2) is 0 Å². The molecule has 96 valence electrons. The van der Waals surface area contributed by atoms with Crippen molar-refractivity contribution in [3.63, 3.8) is 0 Å². The van der Waals surface area contributed by atoms with Gasteiger partial charge in [0.25, 0.3) is 6.33 Å². The number of nitrogens with zero attached hydrogens (tertiary/aromatic N) is 3. The van der Waals surface area contributed by atoms with Crippen molar-refractivity contribution in [2.75, 3.05) is 6.54 Å². The Morgan fingerprint density at radius 1 is 1.41 bits per heavy atom. The average Bonchev–Trinajstić information content (AvgIpc) is 2.64. The van der Waals surface area contributed by atoms with Gasteiger partial charge >= 0.3 is 6.03 Å². The van der Waals surface area contributed by atoms with Crippen molar-refractivity contribution in [1.29, 1.82) is 0 Å². The Morgan fingerprint density at radius 2 is 2.12 bits per heavy atom. The second kappa shape index (κ2) is 5.84. The summed E-state index contributed by atoms with van der Waals surface area (Å²) in [6.07, 6.45) is 7.73. The monoisotopic (exact) mass is 349 g/mol. The largest absolute Gasteiger partial charge is 1.00 e. The third-order valence-corrected chi connectivity index (χ3v) is 3.37. The zero-order chi connectivity index (χ0) is 11.7. The molecule has 1 aromatic rings. The number of hydrogen-bond donors (Lipinski definition) is 0. The van der Waals surface area contributed by atoms with E-state index in [-0.39, 0.29) is 30.0 Å². The van der Waals surface area contributed by atoms with Gasteiger partial charge in [-0.3, -0.25) is 0 Å². The molecule has 1 fully saturated rings. The minimum absolute atomic E-state index is 0. The van der Waals surface area contributed by atoms with Crippen LogP contribution >= 0.6 is 0 Å². The summed E-state index contributed by atoms with van der Waals surface area (Å²) in [6.45, 7) is 5.27. The van der Waals surface area contributed by atoms with Crippen LogP contribution in [0.15, 0.2) is 18.7 Å². The van der Waals surface area contributed by atoms with Crippen molar-refractivity contribution in [2.45, 2.75) is 32.7 Å². The highest BCUT2D eigenvalue weighted by Gasteiger charge is 2.30. The Balaban J connectivity index is 0.00000144. The van der Waals surface area contributed by atoms with Gasteiger partial charge in [-0.2, -0.15) is 4.57 Å². The molecule has 17 heavy (non-hydrogen) atoms. The first kappa shape index (κ1) is 14.5. The molecular weight excluding hydrogens is 329 g/mol. The van der Waals surface area contributed by atoms with Crippen molar-refractivity contribution in [2.24, 2.45) is 13.0 Å². The number of likely N-dealkylation sites (tertiary alicyclic amines) is 1. The molecule has 2 unspecified atom stereocenters. The number of rotatable bonds is 0. The lowest BCUT2D eigenvalue weighted by Crippen LogP contribution is -3.00. The van der Waals surface area contributed by atoms with Crippen LogP contribution in [0.4, 0.5) is 4.79 Å². The molecule has 1 aliphatic rings. The molecule has 1 aromatic heterocycles. The summed E-state index contributed by atoms with van der Waals surface area (Å²) < 4.78 is 3.54. The third kappa shape index (κ3) is 3.20. The van der Waals surface area contributed by atoms with Gasteiger partial charge in [-0.25, -0.2) is 9.36 Å². The molecule has 2 atom stereocenters. The van der Waals surface area contributed by atoms with Gasteiger partial charge in [0.2, 0.25) is 0 Å². The van der Waals surface area contributed by atoms with Crippen LogP contribution in [0.2, 0.25) is 0 Å². The van der Waals surface area contributed by atoms with Crippen LogP contribution in [0.25, 0.3) is 0 Å². The zero-order valence-electron chi connectivity index (χ0n) is 10.6. The molecule has 0 aromatic carbocycles. The summed E-state index contributed by atoms with van der Waals surface area (Å²) in [5, 5.41) is 0. The molecule has 0 saturated carbocycles. The van der Waals surface area contributed by atoms with Crippen molar-refractivity contribution >= 4 is 6.03 Å². The second-order valence-electron chi connectivity index (χ2n) is 4.94. The second-order valence-corrected chi connectivity index (χ2v) is 4.94. The van der Waals surface area contributed by atoms with Gasteiger partial charge < -0.3 is 28.9 Å². The topological polar surface area (TPSA) is 29.1 Å². The summed E-state index contributed by atoms with van der Waals surface area (Å²) in [5.74, 6) is 0.736.